The maximum absolute atomic E-state index is 14.2. The van der Waals surface area contributed by atoms with Gasteiger partial charge in [-0.05, 0) is 36.4 Å². The minimum absolute atomic E-state index is 0.126. The first-order valence-corrected chi connectivity index (χ1v) is 9.47. The molecule has 0 bridgehead atoms. The summed E-state index contributed by atoms with van der Waals surface area (Å²) in [5.74, 6) is 0.0686. The number of ether oxygens (including phenoxy) is 2. The Bertz CT molecular complexity index is 1420. The summed E-state index contributed by atoms with van der Waals surface area (Å²) >= 11 is 0. The molecule has 0 saturated carbocycles. The van der Waals surface area contributed by atoms with Crippen LogP contribution in [0.3, 0.4) is 0 Å². The number of nitrogens with zero attached hydrogens (tertiary/aromatic N) is 4. The summed E-state index contributed by atoms with van der Waals surface area (Å²) < 4.78 is 40.8. The first-order chi connectivity index (χ1) is 15.1. The minimum Gasteiger partial charge on any atom is -0.497 e. The normalized spacial score (nSPS) is 11.2. The first-order valence-electron chi connectivity index (χ1n) is 9.47. The number of methoxy groups -OCH3 is 1. The van der Waals surface area contributed by atoms with Crippen molar-refractivity contribution in [3.8, 4) is 22.6 Å². The van der Waals surface area contributed by atoms with E-state index in [2.05, 4.69) is 15.2 Å². The number of aromatic nitrogens is 4. The van der Waals surface area contributed by atoms with Crippen molar-refractivity contribution >= 4 is 16.6 Å². The molecule has 0 N–H and O–H groups in total. The van der Waals surface area contributed by atoms with E-state index in [-0.39, 0.29) is 12.2 Å². The van der Waals surface area contributed by atoms with E-state index in [4.69, 9.17) is 9.47 Å². The lowest BCUT2D eigenvalue weighted by Crippen LogP contribution is -2.02. The van der Waals surface area contributed by atoms with Crippen LogP contribution in [0.4, 0.5) is 8.78 Å². The number of halogens is 2. The third kappa shape index (κ3) is 3.42. The van der Waals surface area contributed by atoms with Gasteiger partial charge < -0.3 is 9.47 Å². The Kier molecular flexibility index (Phi) is 4.66. The van der Waals surface area contributed by atoms with Crippen LogP contribution in [0.25, 0.3) is 27.7 Å². The quantitative estimate of drug-likeness (QED) is 0.410. The molecule has 3 heterocycles. The minimum atomic E-state index is -0.897. The SMILES string of the molecule is COc1ccc2c(OCc3nnc4ccc(-c5cccc(F)c5F)cn34)ccnc2c1. The molecule has 0 aliphatic carbocycles. The third-order valence-corrected chi connectivity index (χ3v) is 5.00. The van der Waals surface area contributed by atoms with Crippen LogP contribution in [0.1, 0.15) is 5.82 Å². The fourth-order valence-corrected chi connectivity index (χ4v) is 3.42. The highest BCUT2D eigenvalue weighted by Crippen LogP contribution is 2.28. The number of hydrogen-bond acceptors (Lipinski definition) is 5. The Balaban J connectivity index is 1.48. The van der Waals surface area contributed by atoms with Gasteiger partial charge >= 0.3 is 0 Å². The van der Waals surface area contributed by atoms with Gasteiger partial charge in [0.25, 0.3) is 0 Å². The molecular weight excluding hydrogens is 402 g/mol. The van der Waals surface area contributed by atoms with Gasteiger partial charge in [0, 0.05) is 35.0 Å². The molecule has 0 atom stereocenters. The van der Waals surface area contributed by atoms with Crippen molar-refractivity contribution in [2.24, 2.45) is 0 Å². The molecule has 8 heteroatoms. The number of rotatable bonds is 5. The number of hydrogen-bond donors (Lipinski definition) is 0. The predicted molar refractivity (Wildman–Crippen MR) is 111 cm³/mol. The van der Waals surface area contributed by atoms with Gasteiger partial charge in [-0.15, -0.1) is 10.2 Å². The molecule has 0 amide bonds. The van der Waals surface area contributed by atoms with Crippen LogP contribution >= 0.6 is 0 Å². The summed E-state index contributed by atoms with van der Waals surface area (Å²) in [5, 5.41) is 9.14. The summed E-state index contributed by atoms with van der Waals surface area (Å²) in [6.45, 7) is 0.126. The van der Waals surface area contributed by atoms with Crippen LogP contribution in [-0.4, -0.2) is 26.7 Å². The molecule has 5 aromatic rings. The summed E-state index contributed by atoms with van der Waals surface area (Å²) in [6, 6.07) is 14.8. The number of pyridine rings is 2. The van der Waals surface area contributed by atoms with Crippen molar-refractivity contribution in [3.63, 3.8) is 0 Å². The Morgan fingerprint density at radius 2 is 1.90 bits per heavy atom. The first kappa shape index (κ1) is 18.9. The zero-order valence-electron chi connectivity index (χ0n) is 16.4. The van der Waals surface area contributed by atoms with Gasteiger partial charge in [-0.1, -0.05) is 12.1 Å². The number of fused-ring (bicyclic) bond motifs is 2. The Labute approximate surface area is 175 Å². The molecule has 0 aliphatic rings. The average molecular weight is 418 g/mol. The van der Waals surface area contributed by atoms with Crippen molar-refractivity contribution in [1.82, 2.24) is 19.6 Å². The fraction of sp³-hybridized carbons (Fsp3) is 0.0870. The Morgan fingerprint density at radius 1 is 1.00 bits per heavy atom. The molecule has 0 spiro atoms. The van der Waals surface area contributed by atoms with Gasteiger partial charge in [0.15, 0.2) is 23.1 Å². The largest absolute Gasteiger partial charge is 0.497 e. The second-order valence-electron chi connectivity index (χ2n) is 6.84. The second kappa shape index (κ2) is 7.64. The lowest BCUT2D eigenvalue weighted by Gasteiger charge is -2.10. The fourth-order valence-electron chi connectivity index (χ4n) is 3.42. The maximum atomic E-state index is 14.2. The predicted octanol–water partition coefficient (Wildman–Crippen LogP) is 4.81. The van der Waals surface area contributed by atoms with E-state index in [0.717, 1.165) is 17.0 Å². The maximum Gasteiger partial charge on any atom is 0.175 e. The van der Waals surface area contributed by atoms with Gasteiger partial charge in [0.1, 0.15) is 18.1 Å². The van der Waals surface area contributed by atoms with Crippen LogP contribution in [0.15, 0.2) is 67.0 Å². The molecule has 0 fully saturated rings. The van der Waals surface area contributed by atoms with Crippen molar-refractivity contribution in [1.29, 1.82) is 0 Å². The van der Waals surface area contributed by atoms with E-state index in [1.807, 2.05) is 18.2 Å². The van der Waals surface area contributed by atoms with Gasteiger partial charge in [-0.3, -0.25) is 9.38 Å². The summed E-state index contributed by atoms with van der Waals surface area (Å²) in [6.07, 6.45) is 3.32. The Hall–Kier alpha value is -4.07. The van der Waals surface area contributed by atoms with Gasteiger partial charge in [0.05, 0.1) is 12.6 Å². The van der Waals surface area contributed by atoms with E-state index in [1.54, 1.807) is 42.1 Å². The van der Waals surface area contributed by atoms with Crippen molar-refractivity contribution in [2.45, 2.75) is 6.61 Å². The van der Waals surface area contributed by atoms with Crippen molar-refractivity contribution < 1.29 is 18.3 Å². The molecule has 0 radical (unpaired) electrons. The monoisotopic (exact) mass is 418 g/mol. The molecule has 154 valence electrons. The lowest BCUT2D eigenvalue weighted by molar-refractivity contribution is 0.298. The highest BCUT2D eigenvalue weighted by molar-refractivity contribution is 5.85. The van der Waals surface area contributed by atoms with Crippen molar-refractivity contribution in [2.75, 3.05) is 7.11 Å². The van der Waals surface area contributed by atoms with Crippen LogP contribution in [0, 0.1) is 11.6 Å². The van der Waals surface area contributed by atoms with Crippen molar-refractivity contribution in [3.05, 3.63) is 84.4 Å². The second-order valence-corrected chi connectivity index (χ2v) is 6.84. The molecule has 6 nitrogen and oxygen atoms in total. The van der Waals surface area contributed by atoms with E-state index in [9.17, 15) is 8.78 Å². The standard InChI is InChI=1S/C23H16F2N4O2/c1-30-15-6-7-17-19(11-15)26-10-9-20(17)31-13-22-28-27-21-8-5-14(12-29(21)22)16-3-2-4-18(24)23(16)25/h2-12H,13H2,1H3. The molecule has 5 rings (SSSR count). The van der Waals surface area contributed by atoms with E-state index >= 15 is 0 Å². The van der Waals surface area contributed by atoms with Gasteiger partial charge in [-0.25, -0.2) is 8.78 Å². The lowest BCUT2D eigenvalue weighted by atomic mass is 10.1. The van der Waals surface area contributed by atoms with E-state index in [0.29, 0.717) is 28.5 Å². The molecular formula is C23H16F2N4O2. The molecule has 0 saturated heterocycles. The Morgan fingerprint density at radius 3 is 2.77 bits per heavy atom. The highest BCUT2D eigenvalue weighted by Gasteiger charge is 2.13. The smallest absolute Gasteiger partial charge is 0.175 e. The molecule has 0 aliphatic heterocycles. The topological polar surface area (TPSA) is 61.5 Å². The zero-order valence-corrected chi connectivity index (χ0v) is 16.4. The van der Waals surface area contributed by atoms with E-state index in [1.165, 1.54) is 12.1 Å². The third-order valence-electron chi connectivity index (χ3n) is 5.00. The number of benzene rings is 2. The van der Waals surface area contributed by atoms with E-state index < -0.39 is 11.6 Å². The zero-order chi connectivity index (χ0) is 21.4. The van der Waals surface area contributed by atoms with Gasteiger partial charge in [-0.2, -0.15) is 0 Å². The molecule has 3 aromatic heterocycles. The molecule has 2 aromatic carbocycles. The average Bonchev–Trinajstić information content (AvgIpc) is 3.21. The molecule has 31 heavy (non-hydrogen) atoms. The summed E-state index contributed by atoms with van der Waals surface area (Å²) in [4.78, 5) is 4.35. The van der Waals surface area contributed by atoms with Crippen LogP contribution in [0.5, 0.6) is 11.5 Å². The van der Waals surface area contributed by atoms with Crippen LogP contribution in [-0.2, 0) is 6.61 Å². The highest BCUT2D eigenvalue weighted by atomic mass is 19.2. The summed E-state index contributed by atoms with van der Waals surface area (Å²) in [5.41, 5.74) is 1.99. The van der Waals surface area contributed by atoms with Crippen LogP contribution in [0.2, 0.25) is 0 Å². The van der Waals surface area contributed by atoms with Crippen LogP contribution < -0.4 is 9.47 Å². The van der Waals surface area contributed by atoms with Gasteiger partial charge in [0.2, 0.25) is 0 Å². The molecule has 0 unspecified atom stereocenters. The summed E-state index contributed by atoms with van der Waals surface area (Å²) in [7, 11) is 1.60.